The fourth-order valence-electron chi connectivity index (χ4n) is 5.63. The maximum absolute atomic E-state index is 12.5. The van der Waals surface area contributed by atoms with Crippen molar-refractivity contribution in [2.75, 3.05) is 19.6 Å². The molecule has 1 aliphatic heterocycles. The van der Waals surface area contributed by atoms with Crippen LogP contribution < -0.4 is 10.0 Å². The maximum atomic E-state index is 12.5. The molecular weight excluding hydrogens is 422 g/mol. The highest BCUT2D eigenvalue weighted by Gasteiger charge is 2.42. The molecule has 2 saturated carbocycles. The van der Waals surface area contributed by atoms with Gasteiger partial charge >= 0.3 is 0 Å². The van der Waals surface area contributed by atoms with Gasteiger partial charge in [0.1, 0.15) is 0 Å². The first-order chi connectivity index (χ1) is 14.3. The van der Waals surface area contributed by atoms with Gasteiger partial charge in [-0.15, -0.1) is 0 Å². The zero-order valence-corrected chi connectivity index (χ0v) is 19.1. The highest BCUT2D eigenvalue weighted by molar-refractivity contribution is 7.89. The molecule has 4 rings (SSSR count). The summed E-state index contributed by atoms with van der Waals surface area (Å²) >= 11 is 5.84. The Balaban J connectivity index is 1.20. The summed E-state index contributed by atoms with van der Waals surface area (Å²) in [5.74, 6) is 2.41. The molecule has 4 atom stereocenters. The predicted molar refractivity (Wildman–Crippen MR) is 118 cm³/mol. The van der Waals surface area contributed by atoms with Crippen LogP contribution in [0.2, 0.25) is 5.02 Å². The lowest BCUT2D eigenvalue weighted by atomic mass is 9.84. The summed E-state index contributed by atoms with van der Waals surface area (Å²) in [5, 5.41) is 3.74. The topological polar surface area (TPSA) is 78.5 Å². The number of halogens is 1. The molecule has 3 aliphatic rings. The minimum Gasteiger partial charge on any atom is -0.352 e. The van der Waals surface area contributed by atoms with Crippen LogP contribution in [0.15, 0.2) is 29.2 Å². The van der Waals surface area contributed by atoms with E-state index < -0.39 is 10.0 Å². The maximum Gasteiger partial charge on any atom is 0.240 e. The van der Waals surface area contributed by atoms with Gasteiger partial charge in [-0.25, -0.2) is 13.1 Å². The van der Waals surface area contributed by atoms with Gasteiger partial charge in [-0.3, -0.25) is 9.69 Å². The minimum absolute atomic E-state index is 0.0884. The molecule has 1 amide bonds. The first-order valence-electron chi connectivity index (χ1n) is 11.1. The first kappa shape index (κ1) is 22.1. The highest BCUT2D eigenvalue weighted by atomic mass is 35.5. The molecule has 30 heavy (non-hydrogen) atoms. The van der Waals surface area contributed by atoms with Crippen molar-refractivity contribution in [3.8, 4) is 0 Å². The number of sulfonamides is 1. The molecule has 1 saturated heterocycles. The van der Waals surface area contributed by atoms with Crippen molar-refractivity contribution in [2.45, 2.75) is 62.4 Å². The molecule has 2 bridgehead atoms. The van der Waals surface area contributed by atoms with Crippen LogP contribution in [0, 0.1) is 17.8 Å². The second kappa shape index (κ2) is 9.15. The summed E-state index contributed by atoms with van der Waals surface area (Å²) in [6.45, 7) is 3.97. The second-order valence-corrected chi connectivity index (χ2v) is 11.5. The van der Waals surface area contributed by atoms with Gasteiger partial charge in [0.15, 0.2) is 0 Å². The van der Waals surface area contributed by atoms with Crippen molar-refractivity contribution < 1.29 is 13.2 Å². The largest absolute Gasteiger partial charge is 0.352 e. The van der Waals surface area contributed by atoms with Gasteiger partial charge in [-0.1, -0.05) is 18.0 Å². The van der Waals surface area contributed by atoms with Gasteiger partial charge in [0.05, 0.1) is 11.4 Å². The fraction of sp³-hybridized carbons (Fsp3) is 0.682. The lowest BCUT2D eigenvalue weighted by Crippen LogP contribution is -2.49. The van der Waals surface area contributed by atoms with Crippen molar-refractivity contribution in [1.29, 1.82) is 0 Å². The molecule has 6 nitrogen and oxygen atoms in total. The Labute approximate surface area is 184 Å². The Morgan fingerprint density at radius 1 is 1.13 bits per heavy atom. The van der Waals surface area contributed by atoms with Gasteiger partial charge in [-0.05, 0) is 81.0 Å². The fourth-order valence-corrected chi connectivity index (χ4v) is 7.06. The van der Waals surface area contributed by atoms with Gasteiger partial charge < -0.3 is 5.32 Å². The molecule has 0 spiro atoms. The molecule has 0 unspecified atom stereocenters. The number of benzene rings is 1. The monoisotopic (exact) mass is 453 g/mol. The van der Waals surface area contributed by atoms with Crippen molar-refractivity contribution >= 4 is 27.5 Å². The number of piperidine rings is 1. The van der Waals surface area contributed by atoms with E-state index >= 15 is 0 Å². The Hall–Kier alpha value is -1.15. The molecule has 0 aromatic heterocycles. The number of likely N-dealkylation sites (tertiary alicyclic amines) is 1. The van der Waals surface area contributed by atoms with Crippen LogP contribution in [0.5, 0.6) is 0 Å². The molecule has 2 N–H and O–H groups in total. The van der Waals surface area contributed by atoms with Gasteiger partial charge in [-0.2, -0.15) is 0 Å². The van der Waals surface area contributed by atoms with Gasteiger partial charge in [0.2, 0.25) is 15.9 Å². The Kier molecular flexibility index (Phi) is 6.73. The van der Waals surface area contributed by atoms with Crippen LogP contribution in [-0.2, 0) is 14.8 Å². The number of hydrogen-bond donors (Lipinski definition) is 2. The molecular formula is C22H32ClN3O3S. The lowest BCUT2D eigenvalue weighted by molar-refractivity contribution is -0.123. The first-order valence-corrected chi connectivity index (χ1v) is 13.0. The van der Waals surface area contributed by atoms with Crippen molar-refractivity contribution in [2.24, 2.45) is 17.8 Å². The van der Waals surface area contributed by atoms with Crippen molar-refractivity contribution in [1.82, 2.24) is 14.9 Å². The summed E-state index contributed by atoms with van der Waals surface area (Å²) in [4.78, 5) is 14.9. The molecule has 0 radical (unpaired) electrons. The number of carbonyl (C=O) groups excluding carboxylic acids is 1. The average molecular weight is 454 g/mol. The quantitative estimate of drug-likeness (QED) is 0.665. The zero-order chi connectivity index (χ0) is 21.3. The smallest absolute Gasteiger partial charge is 0.240 e. The van der Waals surface area contributed by atoms with E-state index in [1.165, 1.54) is 37.8 Å². The lowest BCUT2D eigenvalue weighted by Gasteiger charge is -2.33. The number of hydrogen-bond acceptors (Lipinski definition) is 4. The predicted octanol–water partition coefficient (Wildman–Crippen LogP) is 3.02. The number of nitrogens with one attached hydrogen (secondary N) is 2. The summed E-state index contributed by atoms with van der Waals surface area (Å²) < 4.78 is 27.9. The Bertz CT molecular complexity index is 853. The van der Waals surface area contributed by atoms with E-state index in [1.807, 2.05) is 0 Å². The molecule has 1 aromatic rings. The SMILES string of the molecule is C[C@@H](NC(=O)CN1CCC(NS(=O)(=O)c2ccc(Cl)cc2)CC1)[C@@H]1C[C@H]2CC[C@H]1C2. The van der Waals surface area contributed by atoms with E-state index in [9.17, 15) is 13.2 Å². The van der Waals surface area contributed by atoms with Crippen LogP contribution in [0.3, 0.4) is 0 Å². The highest BCUT2D eigenvalue weighted by Crippen LogP contribution is 2.49. The molecule has 166 valence electrons. The van der Waals surface area contributed by atoms with E-state index in [2.05, 4.69) is 21.9 Å². The van der Waals surface area contributed by atoms with E-state index in [-0.39, 0.29) is 22.9 Å². The molecule has 2 aliphatic carbocycles. The number of amides is 1. The number of nitrogens with zero attached hydrogens (tertiary/aromatic N) is 1. The van der Waals surface area contributed by atoms with Gasteiger partial charge in [0.25, 0.3) is 0 Å². The average Bonchev–Trinajstić information content (AvgIpc) is 3.33. The molecule has 3 fully saturated rings. The van der Waals surface area contributed by atoms with Crippen LogP contribution in [0.4, 0.5) is 0 Å². The summed E-state index contributed by atoms with van der Waals surface area (Å²) in [7, 11) is -3.55. The standard InChI is InChI=1S/C22H32ClN3O3S/c1-15(21-13-16-2-3-17(21)12-16)24-22(27)14-26-10-8-19(9-11-26)25-30(28,29)20-6-4-18(23)5-7-20/h4-7,15-17,19,21,25H,2-3,8-14H2,1H3,(H,24,27)/t15-,16+,17+,21+/m1/s1. The van der Waals surface area contributed by atoms with Crippen molar-refractivity contribution in [3.63, 3.8) is 0 Å². The molecule has 8 heteroatoms. The summed E-state index contributed by atoms with van der Waals surface area (Å²) in [6.07, 6.45) is 6.72. The Morgan fingerprint density at radius 3 is 2.43 bits per heavy atom. The van der Waals surface area contributed by atoms with E-state index in [1.54, 1.807) is 12.1 Å². The normalized spacial score (nSPS) is 28.5. The third-order valence-electron chi connectivity index (χ3n) is 7.22. The number of fused-ring (bicyclic) bond motifs is 2. The third-order valence-corrected chi connectivity index (χ3v) is 9.01. The number of rotatable bonds is 7. The minimum atomic E-state index is -3.55. The van der Waals surface area contributed by atoms with Crippen LogP contribution in [0.1, 0.15) is 45.4 Å². The van der Waals surface area contributed by atoms with E-state index in [0.717, 1.165) is 11.8 Å². The molecule has 1 aromatic carbocycles. The molecule has 1 heterocycles. The summed E-state index contributed by atoms with van der Waals surface area (Å²) in [5.41, 5.74) is 0. The van der Waals surface area contributed by atoms with Crippen LogP contribution in [0.25, 0.3) is 0 Å². The third kappa shape index (κ3) is 5.18. The Morgan fingerprint density at radius 2 is 1.83 bits per heavy atom. The van der Waals surface area contributed by atoms with E-state index in [4.69, 9.17) is 11.6 Å². The van der Waals surface area contributed by atoms with Crippen molar-refractivity contribution in [3.05, 3.63) is 29.3 Å². The number of carbonyl (C=O) groups is 1. The van der Waals surface area contributed by atoms with Crippen LogP contribution >= 0.6 is 11.6 Å². The van der Waals surface area contributed by atoms with Gasteiger partial charge in [0, 0.05) is 30.2 Å². The van der Waals surface area contributed by atoms with E-state index in [0.29, 0.717) is 43.4 Å². The van der Waals surface area contributed by atoms with Crippen LogP contribution in [-0.4, -0.2) is 50.9 Å². The second-order valence-electron chi connectivity index (χ2n) is 9.32. The summed E-state index contributed by atoms with van der Waals surface area (Å²) in [6, 6.07) is 6.32. The zero-order valence-electron chi connectivity index (χ0n) is 17.5.